The van der Waals surface area contributed by atoms with E-state index in [0.717, 1.165) is 13.2 Å². The van der Waals surface area contributed by atoms with Gasteiger partial charge in [-0.15, -0.1) is 0 Å². The van der Waals surface area contributed by atoms with Gasteiger partial charge in [0.15, 0.2) is 0 Å². The van der Waals surface area contributed by atoms with Gasteiger partial charge in [-0.3, -0.25) is 0 Å². The van der Waals surface area contributed by atoms with Crippen LogP contribution in [0.25, 0.3) is 0 Å². The normalized spacial score (nSPS) is 30.2. The van der Waals surface area contributed by atoms with E-state index in [1.54, 1.807) is 0 Å². The Labute approximate surface area is 96.0 Å². The topological polar surface area (TPSA) is 12.5 Å². The van der Waals surface area contributed by atoms with Gasteiger partial charge in [-0.25, -0.2) is 0 Å². The molecule has 0 radical (unpaired) electrons. The van der Waals surface area contributed by atoms with Crippen molar-refractivity contribution in [2.24, 2.45) is 0 Å². The molecule has 1 unspecified atom stereocenters. The van der Waals surface area contributed by atoms with Crippen LogP contribution in [0.4, 0.5) is 0 Å². The summed E-state index contributed by atoms with van der Waals surface area (Å²) >= 11 is 0. The quantitative estimate of drug-likeness (QED) is 0.614. The van der Waals surface area contributed by atoms with E-state index < -0.39 is 0 Å². The van der Waals surface area contributed by atoms with Gasteiger partial charge in [0.1, 0.15) is 0 Å². The Morgan fingerprint density at radius 1 is 1.00 bits per heavy atom. The number of hydrogen-bond acceptors (Lipinski definition) is 2. The molecule has 15 heavy (non-hydrogen) atoms. The van der Waals surface area contributed by atoms with Crippen LogP contribution in [0.5, 0.6) is 0 Å². The average molecular weight is 215 g/mol. The lowest BCUT2D eigenvalue weighted by Crippen LogP contribution is -2.45. The van der Waals surface area contributed by atoms with Crippen molar-refractivity contribution in [1.82, 2.24) is 4.90 Å². The van der Waals surface area contributed by atoms with Gasteiger partial charge in [-0.05, 0) is 39.3 Å². The molecule has 92 valence electrons. The lowest BCUT2D eigenvalue weighted by molar-refractivity contribution is -0.0450. The van der Waals surface area contributed by atoms with Crippen LogP contribution < -0.4 is 0 Å². The van der Waals surface area contributed by atoms with E-state index in [9.17, 15) is 0 Å². The summed E-state index contributed by atoms with van der Waals surface area (Å²) in [4.78, 5) is 2.40. The van der Waals surface area contributed by atoms with Gasteiger partial charge < -0.3 is 9.64 Å². The monoisotopic (exact) mass is 215 g/mol. The fraction of sp³-hybridized carbons (Fsp3) is 1.00. The lowest BCUT2D eigenvalue weighted by atomic mass is 9.90. The Morgan fingerprint density at radius 2 is 1.60 bits per heavy atom. The molecule has 0 aromatic carbocycles. The molecule has 1 spiro atoms. The van der Waals surface area contributed by atoms with Crippen LogP contribution in [0, 0.1) is 0 Å². The maximum Gasteiger partial charge on any atom is 0.0810 e. The predicted octanol–water partition coefficient (Wildman–Crippen LogP) is 3.31. The van der Waals surface area contributed by atoms with Crippen molar-refractivity contribution in [1.29, 1.82) is 0 Å². The van der Waals surface area contributed by atoms with Gasteiger partial charge in [0, 0.05) is 13.2 Å². The first kappa shape index (κ1) is 14.9. The first-order valence-electron chi connectivity index (χ1n) is 6.63. The zero-order chi connectivity index (χ0) is 11.7. The van der Waals surface area contributed by atoms with Crippen molar-refractivity contribution in [3.05, 3.63) is 0 Å². The SMILES string of the molecule is CC.CC.CN1CCCC2(CCCO2)C1. The Morgan fingerprint density at radius 3 is 2.07 bits per heavy atom. The van der Waals surface area contributed by atoms with E-state index in [1.807, 2.05) is 27.7 Å². The summed E-state index contributed by atoms with van der Waals surface area (Å²) in [5.41, 5.74) is 0.271. The van der Waals surface area contributed by atoms with E-state index >= 15 is 0 Å². The highest BCUT2D eigenvalue weighted by molar-refractivity contribution is 4.90. The second-order valence-corrected chi connectivity index (χ2v) is 3.98. The van der Waals surface area contributed by atoms with Crippen molar-refractivity contribution in [2.75, 3.05) is 26.7 Å². The Kier molecular flexibility index (Phi) is 8.07. The van der Waals surface area contributed by atoms with Gasteiger partial charge in [-0.1, -0.05) is 27.7 Å². The molecule has 0 amide bonds. The summed E-state index contributed by atoms with van der Waals surface area (Å²) < 4.78 is 5.81. The second kappa shape index (κ2) is 8.12. The molecule has 0 aromatic rings. The molecule has 2 aliphatic heterocycles. The molecule has 2 nitrogen and oxygen atoms in total. The summed E-state index contributed by atoms with van der Waals surface area (Å²) in [7, 11) is 2.20. The highest BCUT2D eigenvalue weighted by atomic mass is 16.5. The van der Waals surface area contributed by atoms with Crippen molar-refractivity contribution in [2.45, 2.75) is 59.0 Å². The molecular formula is C13H29NO. The third-order valence-corrected chi connectivity index (χ3v) is 2.92. The minimum atomic E-state index is 0.271. The van der Waals surface area contributed by atoms with Crippen LogP contribution in [0.2, 0.25) is 0 Å². The minimum absolute atomic E-state index is 0.271. The van der Waals surface area contributed by atoms with Gasteiger partial charge in [0.05, 0.1) is 5.60 Å². The van der Waals surface area contributed by atoms with Gasteiger partial charge in [-0.2, -0.15) is 0 Å². The van der Waals surface area contributed by atoms with Crippen LogP contribution in [0.15, 0.2) is 0 Å². The molecule has 1 atom stereocenters. The van der Waals surface area contributed by atoms with E-state index in [-0.39, 0.29) is 5.60 Å². The number of hydrogen-bond donors (Lipinski definition) is 0. The summed E-state index contributed by atoms with van der Waals surface area (Å²) in [6.07, 6.45) is 5.17. The molecule has 2 rings (SSSR count). The molecule has 0 aromatic heterocycles. The summed E-state index contributed by atoms with van der Waals surface area (Å²) in [6, 6.07) is 0. The zero-order valence-corrected chi connectivity index (χ0v) is 11.3. The highest BCUT2D eigenvalue weighted by Gasteiger charge is 2.37. The maximum atomic E-state index is 5.81. The standard InChI is InChI=1S/C9H17NO.2C2H6/c1-10-6-2-4-9(8-10)5-3-7-11-9;2*1-2/h2-8H2,1H3;2*1-2H3. The number of nitrogens with zero attached hydrogens (tertiary/aromatic N) is 1. The number of ether oxygens (including phenoxy) is 1. The number of piperidine rings is 1. The average Bonchev–Trinajstić information content (AvgIpc) is 2.72. The predicted molar refractivity (Wildman–Crippen MR) is 67.3 cm³/mol. The van der Waals surface area contributed by atoms with Gasteiger partial charge >= 0.3 is 0 Å². The third-order valence-electron chi connectivity index (χ3n) is 2.92. The Bertz CT molecular complexity index is 141. The van der Waals surface area contributed by atoms with Crippen molar-refractivity contribution in [3.8, 4) is 0 Å². The molecule has 2 heterocycles. The molecule has 2 fully saturated rings. The maximum absolute atomic E-state index is 5.81. The van der Waals surface area contributed by atoms with Crippen LogP contribution in [-0.4, -0.2) is 37.2 Å². The van der Waals surface area contributed by atoms with Crippen molar-refractivity contribution < 1.29 is 4.74 Å². The van der Waals surface area contributed by atoms with Crippen molar-refractivity contribution >= 4 is 0 Å². The van der Waals surface area contributed by atoms with Crippen LogP contribution in [-0.2, 0) is 4.74 Å². The van der Waals surface area contributed by atoms with Crippen LogP contribution >= 0.6 is 0 Å². The summed E-state index contributed by atoms with van der Waals surface area (Å²) in [6.45, 7) is 11.4. The smallest absolute Gasteiger partial charge is 0.0810 e. The van der Waals surface area contributed by atoms with Gasteiger partial charge in [0.25, 0.3) is 0 Å². The number of likely N-dealkylation sites (N-methyl/N-ethyl adjacent to an activating group) is 1. The fourth-order valence-corrected chi connectivity index (χ4v) is 2.40. The molecule has 0 N–H and O–H groups in total. The Balaban J connectivity index is 0.000000442. The lowest BCUT2D eigenvalue weighted by Gasteiger charge is -2.37. The van der Waals surface area contributed by atoms with Crippen LogP contribution in [0.3, 0.4) is 0 Å². The molecule has 2 saturated heterocycles. The first-order chi connectivity index (χ1) is 7.31. The van der Waals surface area contributed by atoms with E-state index in [1.165, 1.54) is 32.2 Å². The molecular weight excluding hydrogens is 186 g/mol. The molecule has 0 aliphatic carbocycles. The van der Waals surface area contributed by atoms with Crippen LogP contribution in [0.1, 0.15) is 53.4 Å². The zero-order valence-electron chi connectivity index (χ0n) is 11.3. The van der Waals surface area contributed by atoms with Gasteiger partial charge in [0.2, 0.25) is 0 Å². The molecule has 0 saturated carbocycles. The van der Waals surface area contributed by atoms with E-state index in [4.69, 9.17) is 4.74 Å². The highest BCUT2D eigenvalue weighted by Crippen LogP contribution is 2.33. The van der Waals surface area contributed by atoms with E-state index in [0.29, 0.717) is 0 Å². The molecule has 2 aliphatic rings. The first-order valence-corrected chi connectivity index (χ1v) is 6.63. The minimum Gasteiger partial charge on any atom is -0.374 e. The fourth-order valence-electron chi connectivity index (χ4n) is 2.40. The van der Waals surface area contributed by atoms with E-state index in [2.05, 4.69) is 11.9 Å². The Hall–Kier alpha value is -0.0800. The number of rotatable bonds is 0. The van der Waals surface area contributed by atoms with Crippen molar-refractivity contribution in [3.63, 3.8) is 0 Å². The number of likely N-dealkylation sites (tertiary alicyclic amines) is 1. The summed E-state index contributed by atoms with van der Waals surface area (Å²) in [5, 5.41) is 0. The largest absolute Gasteiger partial charge is 0.374 e. The third kappa shape index (κ3) is 4.52. The second-order valence-electron chi connectivity index (χ2n) is 3.98. The molecule has 2 heteroatoms. The molecule has 0 bridgehead atoms. The summed E-state index contributed by atoms with van der Waals surface area (Å²) in [5.74, 6) is 0.